The summed E-state index contributed by atoms with van der Waals surface area (Å²) in [7, 11) is 0. The van der Waals surface area contributed by atoms with E-state index in [2.05, 4.69) is 5.32 Å². The van der Waals surface area contributed by atoms with E-state index in [9.17, 15) is 9.59 Å². The lowest BCUT2D eigenvalue weighted by molar-refractivity contribution is -0.137. The Morgan fingerprint density at radius 1 is 1.32 bits per heavy atom. The van der Waals surface area contributed by atoms with Gasteiger partial charge in [-0.25, -0.2) is 4.79 Å². The predicted octanol–water partition coefficient (Wildman–Crippen LogP) is 0.955. The van der Waals surface area contributed by atoms with Crippen molar-refractivity contribution >= 4 is 12.0 Å². The Morgan fingerprint density at radius 2 is 2.16 bits per heavy atom. The second-order valence-electron chi connectivity index (χ2n) is 5.75. The Balaban J connectivity index is 1.56. The van der Waals surface area contributed by atoms with Crippen LogP contribution in [-0.4, -0.2) is 52.8 Å². The first-order valence-corrected chi connectivity index (χ1v) is 7.08. The second kappa shape index (κ2) is 5.00. The highest BCUT2D eigenvalue weighted by molar-refractivity contribution is 5.76. The highest BCUT2D eigenvalue weighted by Gasteiger charge is 2.42. The molecule has 3 saturated heterocycles. The molecule has 106 valence electrons. The molecule has 3 heterocycles. The first-order valence-electron chi connectivity index (χ1n) is 7.08. The maximum atomic E-state index is 12.2. The molecule has 4 atom stereocenters. The third-order valence-electron chi connectivity index (χ3n) is 4.46. The molecule has 19 heavy (non-hydrogen) atoms. The zero-order valence-electron chi connectivity index (χ0n) is 10.9. The topological polar surface area (TPSA) is 78.9 Å². The van der Waals surface area contributed by atoms with Crippen molar-refractivity contribution in [1.29, 1.82) is 0 Å². The van der Waals surface area contributed by atoms with Gasteiger partial charge in [-0.05, 0) is 32.1 Å². The number of carbonyl (C=O) groups excluding carboxylic acids is 1. The van der Waals surface area contributed by atoms with Gasteiger partial charge in [0.25, 0.3) is 0 Å². The van der Waals surface area contributed by atoms with Gasteiger partial charge in [0, 0.05) is 12.6 Å². The number of carboxylic acid groups (broad SMARTS) is 1. The summed E-state index contributed by atoms with van der Waals surface area (Å²) in [6.07, 6.45) is 5.20. The van der Waals surface area contributed by atoms with E-state index in [0.717, 1.165) is 32.1 Å². The van der Waals surface area contributed by atoms with Crippen molar-refractivity contribution in [3.63, 3.8) is 0 Å². The number of likely N-dealkylation sites (tertiary alicyclic amines) is 1. The SMILES string of the molecule is O=C(O)CC1CCCN1C(=O)NC1CC2CCC1O2. The van der Waals surface area contributed by atoms with E-state index in [-0.39, 0.29) is 30.6 Å². The third kappa shape index (κ3) is 2.54. The number of aliphatic carboxylic acids is 1. The van der Waals surface area contributed by atoms with Crippen molar-refractivity contribution in [3.8, 4) is 0 Å². The number of nitrogens with one attached hydrogen (secondary N) is 1. The van der Waals surface area contributed by atoms with Gasteiger partial charge in [0.15, 0.2) is 0 Å². The standard InChI is InChI=1S/C13H20N2O4/c16-12(17)6-8-2-1-5-15(8)13(18)14-10-7-9-3-4-11(10)19-9/h8-11H,1-7H2,(H,14,18)(H,16,17). The van der Waals surface area contributed by atoms with Crippen LogP contribution in [0.4, 0.5) is 4.79 Å². The molecule has 3 aliphatic rings. The Bertz CT molecular complexity index is 387. The van der Waals surface area contributed by atoms with Crippen LogP contribution >= 0.6 is 0 Å². The van der Waals surface area contributed by atoms with Gasteiger partial charge in [0.2, 0.25) is 0 Å². The molecular formula is C13H20N2O4. The molecule has 2 N–H and O–H groups in total. The Morgan fingerprint density at radius 3 is 2.79 bits per heavy atom. The van der Waals surface area contributed by atoms with Gasteiger partial charge in [-0.15, -0.1) is 0 Å². The van der Waals surface area contributed by atoms with E-state index in [4.69, 9.17) is 9.84 Å². The maximum Gasteiger partial charge on any atom is 0.317 e. The molecule has 6 heteroatoms. The predicted molar refractivity (Wildman–Crippen MR) is 66.8 cm³/mol. The lowest BCUT2D eigenvalue weighted by Gasteiger charge is -2.27. The first-order chi connectivity index (χ1) is 9.13. The van der Waals surface area contributed by atoms with Crippen molar-refractivity contribution < 1.29 is 19.4 Å². The molecule has 3 fully saturated rings. The second-order valence-corrected chi connectivity index (χ2v) is 5.75. The summed E-state index contributed by atoms with van der Waals surface area (Å²) in [6.45, 7) is 0.658. The molecule has 0 aliphatic carbocycles. The lowest BCUT2D eigenvalue weighted by Crippen LogP contribution is -2.50. The van der Waals surface area contributed by atoms with Crippen LogP contribution in [0.1, 0.15) is 38.5 Å². The van der Waals surface area contributed by atoms with Crippen LogP contribution in [-0.2, 0) is 9.53 Å². The van der Waals surface area contributed by atoms with Gasteiger partial charge in [-0.2, -0.15) is 0 Å². The average molecular weight is 268 g/mol. The summed E-state index contributed by atoms with van der Waals surface area (Å²) < 4.78 is 5.71. The summed E-state index contributed by atoms with van der Waals surface area (Å²) in [5, 5.41) is 11.9. The van der Waals surface area contributed by atoms with E-state index in [0.29, 0.717) is 12.6 Å². The van der Waals surface area contributed by atoms with Crippen molar-refractivity contribution in [2.45, 2.75) is 62.8 Å². The zero-order chi connectivity index (χ0) is 13.4. The van der Waals surface area contributed by atoms with Crippen LogP contribution in [0.25, 0.3) is 0 Å². The number of ether oxygens (including phenoxy) is 1. The molecule has 0 aromatic carbocycles. The normalized spacial score (nSPS) is 36.7. The quantitative estimate of drug-likeness (QED) is 0.799. The first kappa shape index (κ1) is 12.7. The van der Waals surface area contributed by atoms with Crippen LogP contribution in [0, 0.1) is 0 Å². The molecule has 2 amide bonds. The summed E-state index contributed by atoms with van der Waals surface area (Å²) >= 11 is 0. The van der Waals surface area contributed by atoms with Gasteiger partial charge in [-0.3, -0.25) is 4.79 Å². The van der Waals surface area contributed by atoms with Crippen molar-refractivity contribution in [2.24, 2.45) is 0 Å². The average Bonchev–Trinajstić information content (AvgIpc) is 3.03. The molecule has 0 spiro atoms. The fourth-order valence-corrected chi connectivity index (χ4v) is 3.55. The molecule has 6 nitrogen and oxygen atoms in total. The van der Waals surface area contributed by atoms with Crippen molar-refractivity contribution in [1.82, 2.24) is 10.2 Å². The highest BCUT2D eigenvalue weighted by Crippen LogP contribution is 2.34. The molecule has 0 radical (unpaired) electrons. The smallest absolute Gasteiger partial charge is 0.317 e. The number of nitrogens with zero attached hydrogens (tertiary/aromatic N) is 1. The van der Waals surface area contributed by atoms with E-state index in [1.165, 1.54) is 0 Å². The Labute approximate surface area is 112 Å². The molecule has 3 rings (SSSR count). The summed E-state index contributed by atoms with van der Waals surface area (Å²) in [5.74, 6) is -0.840. The largest absolute Gasteiger partial charge is 0.481 e. The minimum Gasteiger partial charge on any atom is -0.481 e. The van der Waals surface area contributed by atoms with Gasteiger partial charge in [0.1, 0.15) is 0 Å². The van der Waals surface area contributed by atoms with E-state index in [1.807, 2.05) is 0 Å². The minimum absolute atomic E-state index is 0.0423. The summed E-state index contributed by atoms with van der Waals surface area (Å²) in [5.41, 5.74) is 0. The molecule has 4 unspecified atom stereocenters. The van der Waals surface area contributed by atoms with E-state index < -0.39 is 5.97 Å². The number of fused-ring (bicyclic) bond motifs is 2. The third-order valence-corrected chi connectivity index (χ3v) is 4.46. The van der Waals surface area contributed by atoms with Crippen LogP contribution in [0.3, 0.4) is 0 Å². The van der Waals surface area contributed by atoms with Crippen molar-refractivity contribution in [2.75, 3.05) is 6.54 Å². The summed E-state index contributed by atoms with van der Waals surface area (Å²) in [4.78, 5) is 24.7. The monoisotopic (exact) mass is 268 g/mol. The molecule has 0 aromatic heterocycles. The van der Waals surface area contributed by atoms with Crippen molar-refractivity contribution in [3.05, 3.63) is 0 Å². The molecule has 0 saturated carbocycles. The van der Waals surface area contributed by atoms with Crippen LogP contribution in [0.5, 0.6) is 0 Å². The maximum absolute atomic E-state index is 12.2. The van der Waals surface area contributed by atoms with Crippen LogP contribution in [0.2, 0.25) is 0 Å². The van der Waals surface area contributed by atoms with E-state index in [1.54, 1.807) is 4.90 Å². The van der Waals surface area contributed by atoms with Gasteiger partial charge >= 0.3 is 12.0 Å². The molecule has 2 bridgehead atoms. The van der Waals surface area contributed by atoms with Gasteiger partial charge in [-0.1, -0.05) is 0 Å². The Hall–Kier alpha value is -1.30. The molecule has 3 aliphatic heterocycles. The molecule has 0 aromatic rings. The van der Waals surface area contributed by atoms with Gasteiger partial charge < -0.3 is 20.1 Å². The minimum atomic E-state index is -0.840. The summed E-state index contributed by atoms with van der Waals surface area (Å²) in [6, 6.07) is -0.167. The number of carboxylic acids is 1. The number of rotatable bonds is 3. The number of amides is 2. The lowest BCUT2D eigenvalue weighted by atomic mass is 9.96. The van der Waals surface area contributed by atoms with Crippen LogP contribution in [0.15, 0.2) is 0 Å². The number of carbonyl (C=O) groups is 2. The van der Waals surface area contributed by atoms with E-state index >= 15 is 0 Å². The number of hydrogen-bond donors (Lipinski definition) is 2. The highest BCUT2D eigenvalue weighted by atomic mass is 16.5. The number of hydrogen-bond acceptors (Lipinski definition) is 3. The fraction of sp³-hybridized carbons (Fsp3) is 0.846. The zero-order valence-corrected chi connectivity index (χ0v) is 10.9. The Kier molecular flexibility index (Phi) is 3.35. The number of urea groups is 1. The molecular weight excluding hydrogens is 248 g/mol. The fourth-order valence-electron chi connectivity index (χ4n) is 3.55. The van der Waals surface area contributed by atoms with Gasteiger partial charge in [0.05, 0.1) is 24.7 Å². The van der Waals surface area contributed by atoms with Crippen LogP contribution < -0.4 is 5.32 Å².